The number of hydrogen-bond acceptors (Lipinski definition) is 6. The number of carbonyl (C=O) groups excluding carboxylic acids is 2. The average Bonchev–Trinajstić information content (AvgIpc) is 2.81. The molecule has 2 amide bonds. The van der Waals surface area contributed by atoms with Gasteiger partial charge in [-0.3, -0.25) is 19.6 Å². The van der Waals surface area contributed by atoms with Crippen LogP contribution in [-0.2, 0) is 11.2 Å². The van der Waals surface area contributed by atoms with Crippen LogP contribution in [0.25, 0.3) is 0 Å². The van der Waals surface area contributed by atoms with Crippen molar-refractivity contribution in [1.29, 1.82) is 0 Å². The summed E-state index contributed by atoms with van der Waals surface area (Å²) in [6.07, 6.45) is 7.87. The summed E-state index contributed by atoms with van der Waals surface area (Å²) < 4.78 is 10.4. The van der Waals surface area contributed by atoms with Gasteiger partial charge in [-0.15, -0.1) is 0 Å². The molecule has 1 atom stereocenters. The quantitative estimate of drug-likeness (QED) is 0.714. The third-order valence-corrected chi connectivity index (χ3v) is 5.25. The Balaban J connectivity index is 1.50. The summed E-state index contributed by atoms with van der Waals surface area (Å²) >= 11 is 0. The van der Waals surface area contributed by atoms with Crippen LogP contribution in [0.2, 0.25) is 0 Å². The summed E-state index contributed by atoms with van der Waals surface area (Å²) in [6.45, 7) is 1.93. The van der Waals surface area contributed by atoms with E-state index in [0.29, 0.717) is 43.0 Å². The van der Waals surface area contributed by atoms with Crippen molar-refractivity contribution < 1.29 is 19.1 Å². The highest BCUT2D eigenvalue weighted by Crippen LogP contribution is 2.23. The predicted molar refractivity (Wildman–Crippen MR) is 112 cm³/mol. The van der Waals surface area contributed by atoms with Crippen LogP contribution in [0.15, 0.2) is 36.8 Å². The molecule has 1 saturated heterocycles. The minimum Gasteiger partial charge on any atom is -0.497 e. The van der Waals surface area contributed by atoms with Crippen molar-refractivity contribution in [3.63, 3.8) is 0 Å². The molecule has 0 aliphatic carbocycles. The molecule has 1 aliphatic rings. The van der Waals surface area contributed by atoms with Crippen LogP contribution in [0.4, 0.5) is 0 Å². The number of nitrogens with zero attached hydrogens (tertiary/aromatic N) is 3. The van der Waals surface area contributed by atoms with Gasteiger partial charge in [0.05, 0.1) is 19.9 Å². The summed E-state index contributed by atoms with van der Waals surface area (Å²) in [7, 11) is 3.10. The predicted octanol–water partition coefficient (Wildman–Crippen LogP) is 2.09. The van der Waals surface area contributed by atoms with Crippen molar-refractivity contribution >= 4 is 11.8 Å². The van der Waals surface area contributed by atoms with Gasteiger partial charge >= 0.3 is 0 Å². The lowest BCUT2D eigenvalue weighted by Gasteiger charge is -2.33. The Labute approximate surface area is 176 Å². The van der Waals surface area contributed by atoms with Gasteiger partial charge in [-0.1, -0.05) is 0 Å². The first-order valence-electron chi connectivity index (χ1n) is 10.1. The molecule has 160 valence electrons. The lowest BCUT2D eigenvalue weighted by molar-refractivity contribution is -0.132. The summed E-state index contributed by atoms with van der Waals surface area (Å²) in [6, 6.07) is 5.09. The van der Waals surface area contributed by atoms with Crippen molar-refractivity contribution in [2.75, 3.05) is 33.9 Å². The molecule has 2 heterocycles. The molecule has 8 heteroatoms. The molecular formula is C22H28N4O4. The Kier molecular flexibility index (Phi) is 7.59. The van der Waals surface area contributed by atoms with Gasteiger partial charge < -0.3 is 19.7 Å². The van der Waals surface area contributed by atoms with Crippen molar-refractivity contribution in [1.82, 2.24) is 20.2 Å². The number of aryl methyl sites for hydroxylation is 1. The van der Waals surface area contributed by atoms with Gasteiger partial charge in [-0.25, -0.2) is 0 Å². The Hall–Kier alpha value is -3.16. The fraction of sp³-hybridized carbons (Fsp3) is 0.455. The molecule has 1 fully saturated rings. The Morgan fingerprint density at radius 1 is 1.17 bits per heavy atom. The van der Waals surface area contributed by atoms with Crippen molar-refractivity contribution in [2.45, 2.75) is 25.7 Å². The van der Waals surface area contributed by atoms with Gasteiger partial charge in [-0.05, 0) is 37.3 Å². The van der Waals surface area contributed by atoms with Gasteiger partial charge in [0, 0.05) is 56.3 Å². The first kappa shape index (κ1) is 21.5. The average molecular weight is 412 g/mol. The fourth-order valence-corrected chi connectivity index (χ4v) is 3.59. The molecule has 3 rings (SSSR count). The van der Waals surface area contributed by atoms with E-state index in [1.165, 1.54) is 0 Å². The molecule has 1 aromatic heterocycles. The fourth-order valence-electron chi connectivity index (χ4n) is 3.59. The SMILES string of the molecule is COc1cc(OC)cc(C(=O)NC[C@@H]2CCCN(C(=O)CCc3cnccn3)C2)c1. The first-order chi connectivity index (χ1) is 14.6. The highest BCUT2D eigenvalue weighted by molar-refractivity contribution is 5.95. The van der Waals surface area contributed by atoms with E-state index in [0.717, 1.165) is 25.1 Å². The van der Waals surface area contributed by atoms with Gasteiger partial charge in [0.1, 0.15) is 11.5 Å². The van der Waals surface area contributed by atoms with Gasteiger partial charge in [0.2, 0.25) is 5.91 Å². The Bertz CT molecular complexity index is 837. The molecule has 0 unspecified atom stereocenters. The number of likely N-dealkylation sites (tertiary alicyclic amines) is 1. The van der Waals surface area contributed by atoms with Crippen molar-refractivity contribution in [3.05, 3.63) is 48.0 Å². The Morgan fingerprint density at radius 3 is 2.60 bits per heavy atom. The van der Waals surface area contributed by atoms with Gasteiger partial charge in [0.15, 0.2) is 0 Å². The molecular weight excluding hydrogens is 384 g/mol. The maximum Gasteiger partial charge on any atom is 0.251 e. The zero-order chi connectivity index (χ0) is 21.3. The number of nitrogens with one attached hydrogen (secondary N) is 1. The lowest BCUT2D eigenvalue weighted by Crippen LogP contribution is -2.43. The van der Waals surface area contributed by atoms with Crippen LogP contribution in [0.1, 0.15) is 35.3 Å². The standard InChI is InChI=1S/C22H28N4O4/c1-29-19-10-17(11-20(12-19)30-2)22(28)25-13-16-4-3-9-26(15-16)21(27)6-5-18-14-23-7-8-24-18/h7-8,10-12,14,16H,3-6,9,13,15H2,1-2H3,(H,25,28)/t16-/m0/s1. The minimum absolute atomic E-state index is 0.120. The zero-order valence-electron chi connectivity index (χ0n) is 17.5. The molecule has 0 saturated carbocycles. The maximum atomic E-state index is 12.6. The van der Waals surface area contributed by atoms with Crippen LogP contribution in [-0.4, -0.2) is 60.5 Å². The Morgan fingerprint density at radius 2 is 1.93 bits per heavy atom. The number of benzene rings is 1. The van der Waals surface area contributed by atoms with E-state index in [-0.39, 0.29) is 17.7 Å². The monoisotopic (exact) mass is 412 g/mol. The normalized spacial score (nSPS) is 16.1. The molecule has 0 radical (unpaired) electrons. The third kappa shape index (κ3) is 5.92. The molecule has 1 aliphatic heterocycles. The van der Waals surface area contributed by atoms with Crippen molar-refractivity contribution in [2.24, 2.45) is 5.92 Å². The van der Waals surface area contributed by atoms with Gasteiger partial charge in [0.25, 0.3) is 5.91 Å². The first-order valence-corrected chi connectivity index (χ1v) is 10.1. The number of carbonyl (C=O) groups is 2. The number of methoxy groups -OCH3 is 2. The third-order valence-electron chi connectivity index (χ3n) is 5.25. The van der Waals surface area contributed by atoms with Crippen LogP contribution >= 0.6 is 0 Å². The van der Waals surface area contributed by atoms with Crippen molar-refractivity contribution in [3.8, 4) is 11.5 Å². The summed E-state index contributed by atoms with van der Waals surface area (Å²) in [5.41, 5.74) is 1.30. The molecule has 1 N–H and O–H groups in total. The maximum absolute atomic E-state index is 12.6. The van der Waals surface area contributed by atoms with E-state index in [1.807, 2.05) is 4.90 Å². The number of aromatic nitrogens is 2. The molecule has 2 aromatic rings. The molecule has 30 heavy (non-hydrogen) atoms. The minimum atomic E-state index is -0.182. The van der Waals surface area contributed by atoms with Gasteiger partial charge in [-0.2, -0.15) is 0 Å². The second kappa shape index (κ2) is 10.6. The summed E-state index contributed by atoms with van der Waals surface area (Å²) in [5, 5.41) is 2.98. The van der Waals surface area contributed by atoms with E-state index >= 15 is 0 Å². The molecule has 8 nitrogen and oxygen atoms in total. The smallest absolute Gasteiger partial charge is 0.251 e. The van der Waals surface area contributed by atoms with E-state index < -0.39 is 0 Å². The number of piperidine rings is 1. The van der Waals surface area contributed by atoms with Crippen LogP contribution in [0.3, 0.4) is 0 Å². The van der Waals surface area contributed by atoms with Crippen LogP contribution in [0.5, 0.6) is 11.5 Å². The van der Waals surface area contributed by atoms with E-state index in [4.69, 9.17) is 9.47 Å². The van der Waals surface area contributed by atoms with E-state index in [2.05, 4.69) is 15.3 Å². The topological polar surface area (TPSA) is 93.7 Å². The summed E-state index contributed by atoms with van der Waals surface area (Å²) in [4.78, 5) is 35.3. The lowest BCUT2D eigenvalue weighted by atomic mass is 9.97. The number of amides is 2. The number of ether oxygens (including phenoxy) is 2. The second-order valence-corrected chi connectivity index (χ2v) is 7.36. The molecule has 0 spiro atoms. The highest BCUT2D eigenvalue weighted by atomic mass is 16.5. The molecule has 0 bridgehead atoms. The van der Waals surface area contributed by atoms with E-state index in [1.54, 1.807) is 51.0 Å². The number of hydrogen-bond donors (Lipinski definition) is 1. The largest absolute Gasteiger partial charge is 0.497 e. The van der Waals surface area contributed by atoms with Crippen LogP contribution in [0, 0.1) is 5.92 Å². The second-order valence-electron chi connectivity index (χ2n) is 7.36. The molecule has 1 aromatic carbocycles. The number of rotatable bonds is 8. The highest BCUT2D eigenvalue weighted by Gasteiger charge is 2.24. The zero-order valence-corrected chi connectivity index (χ0v) is 17.5. The van der Waals surface area contributed by atoms with E-state index in [9.17, 15) is 9.59 Å². The van der Waals surface area contributed by atoms with Crippen LogP contribution < -0.4 is 14.8 Å². The summed E-state index contributed by atoms with van der Waals surface area (Å²) in [5.74, 6) is 1.30.